The quantitative estimate of drug-likeness (QED) is 0.249. The van der Waals surface area contributed by atoms with Crippen LogP contribution in [0.2, 0.25) is 0 Å². The molecule has 2 N–H and O–H groups in total. The molecule has 0 radical (unpaired) electrons. The molecule has 3 aromatic rings. The Balaban J connectivity index is 0.00000363. The van der Waals surface area contributed by atoms with Crippen LogP contribution in [0.1, 0.15) is 11.1 Å². The average Bonchev–Trinajstić information content (AvgIpc) is 2.84. The molecule has 170 valence electrons. The minimum absolute atomic E-state index is 0. The molecule has 0 saturated heterocycles. The lowest BCUT2D eigenvalue weighted by atomic mass is 10.1. The largest absolute Gasteiger partial charge is 0.493 e. The third-order valence-corrected chi connectivity index (χ3v) is 4.76. The fourth-order valence-electron chi connectivity index (χ4n) is 3.20. The predicted molar refractivity (Wildman–Crippen MR) is 138 cm³/mol. The van der Waals surface area contributed by atoms with Crippen molar-refractivity contribution in [2.45, 2.75) is 13.1 Å². The lowest BCUT2D eigenvalue weighted by Crippen LogP contribution is -2.36. The predicted octanol–water partition coefficient (Wildman–Crippen LogP) is 4.26. The first kappa shape index (κ1) is 25.3. The number of aromatic nitrogens is 1. The monoisotopic (exact) mass is 548 g/mol. The van der Waals surface area contributed by atoms with E-state index in [4.69, 9.17) is 14.2 Å². The van der Waals surface area contributed by atoms with Gasteiger partial charge in [0.2, 0.25) is 5.75 Å². The van der Waals surface area contributed by atoms with Gasteiger partial charge in [-0.15, -0.1) is 24.0 Å². The molecule has 0 aliphatic heterocycles. The van der Waals surface area contributed by atoms with Crippen LogP contribution in [0.5, 0.6) is 17.2 Å². The van der Waals surface area contributed by atoms with Crippen LogP contribution in [0, 0.1) is 0 Å². The summed E-state index contributed by atoms with van der Waals surface area (Å²) in [4.78, 5) is 8.73. The topological polar surface area (TPSA) is 77.0 Å². The number of benzene rings is 2. The molecule has 0 spiro atoms. The number of hydrogen-bond donors (Lipinski definition) is 2. The maximum Gasteiger partial charge on any atom is 0.203 e. The molecule has 7 nitrogen and oxygen atoms in total. The van der Waals surface area contributed by atoms with Crippen LogP contribution in [0.4, 0.5) is 0 Å². The molecule has 8 heteroatoms. The van der Waals surface area contributed by atoms with Crippen molar-refractivity contribution in [1.82, 2.24) is 15.6 Å². The van der Waals surface area contributed by atoms with E-state index in [2.05, 4.69) is 38.8 Å². The molecule has 3 rings (SSSR count). The third-order valence-electron chi connectivity index (χ3n) is 4.76. The van der Waals surface area contributed by atoms with Crippen molar-refractivity contribution in [3.8, 4) is 28.5 Å². The molecule has 0 saturated carbocycles. The van der Waals surface area contributed by atoms with E-state index in [1.54, 1.807) is 34.6 Å². The van der Waals surface area contributed by atoms with Crippen LogP contribution in [-0.2, 0) is 13.1 Å². The van der Waals surface area contributed by atoms with Crippen LogP contribution in [0.25, 0.3) is 11.3 Å². The summed E-state index contributed by atoms with van der Waals surface area (Å²) in [5.41, 5.74) is 4.16. The summed E-state index contributed by atoms with van der Waals surface area (Å²) < 4.78 is 16.2. The molecule has 0 atom stereocenters. The van der Waals surface area contributed by atoms with E-state index in [0.717, 1.165) is 22.4 Å². The van der Waals surface area contributed by atoms with Gasteiger partial charge in [0.15, 0.2) is 17.5 Å². The number of hydrogen-bond acceptors (Lipinski definition) is 5. The Kier molecular flexibility index (Phi) is 10.1. The summed E-state index contributed by atoms with van der Waals surface area (Å²) in [6, 6.07) is 18.0. The van der Waals surface area contributed by atoms with Crippen molar-refractivity contribution in [3.63, 3.8) is 0 Å². The number of nitrogens with zero attached hydrogens (tertiary/aromatic N) is 2. The zero-order chi connectivity index (χ0) is 22.1. The van der Waals surface area contributed by atoms with Crippen molar-refractivity contribution in [3.05, 3.63) is 71.9 Å². The Morgan fingerprint density at radius 2 is 1.53 bits per heavy atom. The van der Waals surface area contributed by atoms with Gasteiger partial charge in [-0.3, -0.25) is 9.98 Å². The minimum Gasteiger partial charge on any atom is -0.493 e. The number of pyridine rings is 1. The molecule has 0 amide bonds. The van der Waals surface area contributed by atoms with Gasteiger partial charge in [0.25, 0.3) is 0 Å². The van der Waals surface area contributed by atoms with Gasteiger partial charge >= 0.3 is 0 Å². The third kappa shape index (κ3) is 6.49. The van der Waals surface area contributed by atoms with Gasteiger partial charge in [0.1, 0.15) is 0 Å². The SMILES string of the molecule is CN=C(NCc1cccc(-c2ccccn2)c1)NCc1cc(OC)c(OC)c(OC)c1.I. The van der Waals surface area contributed by atoms with Crippen molar-refractivity contribution in [1.29, 1.82) is 0 Å². The molecule has 32 heavy (non-hydrogen) atoms. The van der Waals surface area contributed by atoms with Crippen LogP contribution in [0.3, 0.4) is 0 Å². The van der Waals surface area contributed by atoms with Gasteiger partial charge in [-0.2, -0.15) is 0 Å². The molecule has 0 bridgehead atoms. The van der Waals surface area contributed by atoms with Gasteiger partial charge < -0.3 is 24.8 Å². The van der Waals surface area contributed by atoms with Crippen molar-refractivity contribution in [2.24, 2.45) is 4.99 Å². The van der Waals surface area contributed by atoms with E-state index in [1.807, 2.05) is 36.4 Å². The van der Waals surface area contributed by atoms with Crippen LogP contribution in [-0.4, -0.2) is 39.3 Å². The van der Waals surface area contributed by atoms with E-state index in [9.17, 15) is 0 Å². The maximum atomic E-state index is 5.42. The minimum atomic E-state index is 0. The van der Waals surface area contributed by atoms with Crippen LogP contribution in [0.15, 0.2) is 65.8 Å². The molecular formula is C24H29IN4O3. The van der Waals surface area contributed by atoms with Crippen LogP contribution >= 0.6 is 24.0 Å². The maximum absolute atomic E-state index is 5.42. The zero-order valence-electron chi connectivity index (χ0n) is 18.7. The number of ether oxygens (including phenoxy) is 3. The fourth-order valence-corrected chi connectivity index (χ4v) is 3.20. The number of methoxy groups -OCH3 is 3. The summed E-state index contributed by atoms with van der Waals surface area (Å²) in [5.74, 6) is 2.50. The van der Waals surface area contributed by atoms with E-state index < -0.39 is 0 Å². The van der Waals surface area contributed by atoms with Gasteiger partial charge in [-0.1, -0.05) is 24.3 Å². The first-order chi connectivity index (χ1) is 15.2. The zero-order valence-corrected chi connectivity index (χ0v) is 21.0. The Morgan fingerprint density at radius 3 is 2.09 bits per heavy atom. The number of aliphatic imine (C=N–C) groups is 1. The first-order valence-electron chi connectivity index (χ1n) is 9.92. The number of nitrogens with one attached hydrogen (secondary N) is 2. The molecule has 0 aliphatic carbocycles. The summed E-state index contributed by atoms with van der Waals surface area (Å²) in [7, 11) is 6.55. The van der Waals surface area contributed by atoms with E-state index in [-0.39, 0.29) is 24.0 Å². The molecule has 1 heterocycles. The highest BCUT2D eigenvalue weighted by atomic mass is 127. The molecule has 0 unspecified atom stereocenters. The van der Waals surface area contributed by atoms with Crippen molar-refractivity contribution >= 4 is 29.9 Å². The summed E-state index contributed by atoms with van der Waals surface area (Å²) >= 11 is 0. The highest BCUT2D eigenvalue weighted by molar-refractivity contribution is 14.0. The Hall–Kier alpha value is -3.01. The summed E-state index contributed by atoms with van der Waals surface area (Å²) in [6.07, 6.45) is 1.80. The second kappa shape index (κ2) is 12.7. The van der Waals surface area contributed by atoms with E-state index >= 15 is 0 Å². The Morgan fingerprint density at radius 1 is 0.844 bits per heavy atom. The normalized spacial score (nSPS) is 10.7. The molecule has 1 aromatic heterocycles. The van der Waals surface area contributed by atoms with Crippen LogP contribution < -0.4 is 24.8 Å². The molecule has 2 aromatic carbocycles. The fraction of sp³-hybridized carbons (Fsp3) is 0.250. The van der Waals surface area contributed by atoms with Gasteiger partial charge in [0, 0.05) is 31.9 Å². The highest BCUT2D eigenvalue weighted by Crippen LogP contribution is 2.38. The second-order valence-electron chi connectivity index (χ2n) is 6.73. The lowest BCUT2D eigenvalue weighted by Gasteiger charge is -2.16. The molecule has 0 fully saturated rings. The molecular weight excluding hydrogens is 519 g/mol. The first-order valence-corrected chi connectivity index (χ1v) is 9.92. The van der Waals surface area contributed by atoms with Gasteiger partial charge in [0.05, 0.1) is 27.0 Å². The smallest absolute Gasteiger partial charge is 0.203 e. The Bertz CT molecular complexity index is 1000. The summed E-state index contributed by atoms with van der Waals surface area (Å²) in [6.45, 7) is 1.18. The average molecular weight is 548 g/mol. The number of guanidine groups is 1. The molecule has 0 aliphatic rings. The Labute approximate surface area is 206 Å². The van der Waals surface area contributed by atoms with E-state index in [1.165, 1.54) is 0 Å². The summed E-state index contributed by atoms with van der Waals surface area (Å²) in [5, 5.41) is 6.66. The van der Waals surface area contributed by atoms with Gasteiger partial charge in [-0.25, -0.2) is 0 Å². The second-order valence-corrected chi connectivity index (χ2v) is 6.73. The van der Waals surface area contributed by atoms with Gasteiger partial charge in [-0.05, 0) is 41.5 Å². The van der Waals surface area contributed by atoms with E-state index in [0.29, 0.717) is 36.3 Å². The van der Waals surface area contributed by atoms with Crippen molar-refractivity contribution in [2.75, 3.05) is 28.4 Å². The number of halogens is 1. The standard InChI is InChI=1S/C24H28N4O3.HI/c1-25-24(28-16-18-13-21(29-2)23(31-4)22(14-18)30-3)27-15-17-8-7-9-19(12-17)20-10-5-6-11-26-20;/h5-14H,15-16H2,1-4H3,(H2,25,27,28);1H. The highest BCUT2D eigenvalue weighted by Gasteiger charge is 2.13. The lowest BCUT2D eigenvalue weighted by molar-refractivity contribution is 0.323. The number of rotatable bonds is 8. The van der Waals surface area contributed by atoms with Crippen molar-refractivity contribution < 1.29 is 14.2 Å².